The van der Waals surface area contributed by atoms with Crippen molar-refractivity contribution in [2.75, 3.05) is 51.7 Å². The summed E-state index contributed by atoms with van der Waals surface area (Å²) >= 11 is 0. The molecule has 0 fully saturated rings. The predicted octanol–water partition coefficient (Wildman–Crippen LogP) is 4.49. The molecule has 0 aliphatic rings. The minimum atomic E-state index is -0.578. The third-order valence-electron chi connectivity index (χ3n) is 6.96. The molecule has 3 N–H and O–H groups in total. The molecular formula is C34H42N4O8. The van der Waals surface area contributed by atoms with Crippen LogP contribution in [0, 0.1) is 5.92 Å². The van der Waals surface area contributed by atoms with Crippen molar-refractivity contribution in [3.63, 3.8) is 0 Å². The van der Waals surface area contributed by atoms with E-state index in [-0.39, 0.29) is 31.4 Å². The topological polar surface area (TPSA) is 145 Å². The third-order valence-corrected chi connectivity index (χ3v) is 6.96. The van der Waals surface area contributed by atoms with E-state index in [0.29, 0.717) is 46.2 Å². The van der Waals surface area contributed by atoms with E-state index in [1.165, 1.54) is 26.2 Å². The van der Waals surface area contributed by atoms with Crippen molar-refractivity contribution >= 4 is 35.2 Å². The number of nitrogens with zero attached hydrogens (tertiary/aromatic N) is 1. The summed E-state index contributed by atoms with van der Waals surface area (Å²) in [5.74, 6) is 0.653. The first-order chi connectivity index (χ1) is 22.0. The number of esters is 1. The van der Waals surface area contributed by atoms with Gasteiger partial charge in [-0.3, -0.25) is 14.4 Å². The van der Waals surface area contributed by atoms with E-state index in [0.717, 1.165) is 0 Å². The third kappa shape index (κ3) is 10.7. The van der Waals surface area contributed by atoms with E-state index in [1.807, 2.05) is 26.0 Å². The number of methoxy groups -OCH3 is 3. The maximum atomic E-state index is 13.1. The first kappa shape index (κ1) is 35.2. The second-order valence-corrected chi connectivity index (χ2v) is 10.9. The number of anilines is 2. The number of amides is 4. The molecule has 0 radical (unpaired) electrons. The Bertz CT molecular complexity index is 1490. The van der Waals surface area contributed by atoms with Crippen LogP contribution in [0.1, 0.15) is 37.4 Å². The van der Waals surface area contributed by atoms with Crippen molar-refractivity contribution in [2.45, 2.75) is 32.7 Å². The molecule has 1 unspecified atom stereocenters. The molecule has 246 valence electrons. The fraction of sp³-hybridized carbons (Fsp3) is 0.353. The Morgan fingerprint density at radius 3 is 2.22 bits per heavy atom. The summed E-state index contributed by atoms with van der Waals surface area (Å²) in [6.45, 7) is 3.53. The molecule has 0 heterocycles. The second-order valence-electron chi connectivity index (χ2n) is 10.9. The van der Waals surface area contributed by atoms with Crippen LogP contribution in [0.25, 0.3) is 0 Å². The van der Waals surface area contributed by atoms with Crippen molar-refractivity contribution in [2.24, 2.45) is 5.92 Å². The lowest BCUT2D eigenvalue weighted by atomic mass is 9.96. The zero-order valence-corrected chi connectivity index (χ0v) is 27.0. The van der Waals surface area contributed by atoms with Gasteiger partial charge in [-0.25, -0.2) is 4.79 Å². The zero-order chi connectivity index (χ0) is 33.6. The van der Waals surface area contributed by atoms with Crippen LogP contribution in [0.15, 0.2) is 66.7 Å². The number of likely N-dealkylation sites (N-methyl/N-ethyl adjacent to an activating group) is 1. The highest BCUT2D eigenvalue weighted by Gasteiger charge is 2.22. The quantitative estimate of drug-likeness (QED) is 0.208. The molecule has 4 amide bonds. The Kier molecular flexibility index (Phi) is 13.2. The van der Waals surface area contributed by atoms with Gasteiger partial charge in [0.15, 0.2) is 6.61 Å². The van der Waals surface area contributed by atoms with Gasteiger partial charge < -0.3 is 39.8 Å². The molecule has 12 nitrogen and oxygen atoms in total. The molecule has 0 bridgehead atoms. The predicted molar refractivity (Wildman–Crippen MR) is 174 cm³/mol. The molecule has 0 aliphatic carbocycles. The summed E-state index contributed by atoms with van der Waals surface area (Å²) in [6, 6.07) is 18.1. The van der Waals surface area contributed by atoms with Crippen molar-refractivity contribution < 1.29 is 38.1 Å². The summed E-state index contributed by atoms with van der Waals surface area (Å²) in [7, 11) is 6.01. The van der Waals surface area contributed by atoms with Crippen LogP contribution in [-0.4, -0.2) is 65.3 Å². The minimum absolute atomic E-state index is 0.0703. The summed E-state index contributed by atoms with van der Waals surface area (Å²) in [4.78, 5) is 51.6. The maximum Gasteiger partial charge on any atom is 0.319 e. The number of carbonyl (C=O) groups excluding carboxylic acids is 4. The van der Waals surface area contributed by atoms with Gasteiger partial charge in [0.05, 0.1) is 46.0 Å². The van der Waals surface area contributed by atoms with E-state index in [4.69, 9.17) is 14.2 Å². The van der Waals surface area contributed by atoms with Gasteiger partial charge in [0.2, 0.25) is 5.91 Å². The molecule has 0 spiro atoms. The lowest BCUT2D eigenvalue weighted by Gasteiger charge is -2.24. The summed E-state index contributed by atoms with van der Waals surface area (Å²) in [6.07, 6.45) is 0.656. The monoisotopic (exact) mass is 634 g/mol. The average molecular weight is 635 g/mol. The van der Waals surface area contributed by atoms with Gasteiger partial charge in [0.1, 0.15) is 17.2 Å². The van der Waals surface area contributed by atoms with E-state index in [2.05, 4.69) is 20.7 Å². The molecular weight excluding hydrogens is 592 g/mol. The molecule has 1 atom stereocenters. The summed E-state index contributed by atoms with van der Waals surface area (Å²) in [5.41, 5.74) is 2.42. The van der Waals surface area contributed by atoms with Crippen molar-refractivity contribution in [1.82, 2.24) is 10.6 Å². The Hall–Kier alpha value is -5.26. The van der Waals surface area contributed by atoms with Crippen molar-refractivity contribution in [3.8, 4) is 17.2 Å². The van der Waals surface area contributed by atoms with Gasteiger partial charge in [-0.2, -0.15) is 0 Å². The molecule has 12 heteroatoms. The number of para-hydroxylation sites is 1. The summed E-state index contributed by atoms with van der Waals surface area (Å²) in [5, 5.41) is 8.21. The molecule has 3 rings (SSSR count). The average Bonchev–Trinajstić information content (AvgIpc) is 3.05. The molecule has 0 saturated carbocycles. The Balaban J connectivity index is 1.63. The minimum Gasteiger partial charge on any atom is -0.497 e. The van der Waals surface area contributed by atoms with E-state index < -0.39 is 23.9 Å². The Labute approximate surface area is 269 Å². The summed E-state index contributed by atoms with van der Waals surface area (Å²) < 4.78 is 21.3. The Morgan fingerprint density at radius 1 is 0.870 bits per heavy atom. The number of ether oxygens (including phenoxy) is 4. The van der Waals surface area contributed by atoms with Gasteiger partial charge in [0, 0.05) is 36.5 Å². The van der Waals surface area contributed by atoms with Crippen molar-refractivity contribution in [3.05, 3.63) is 77.9 Å². The highest BCUT2D eigenvalue weighted by atomic mass is 16.5. The fourth-order valence-electron chi connectivity index (χ4n) is 4.58. The molecule has 0 aromatic heterocycles. The molecule has 0 aliphatic heterocycles. The number of hydrogen-bond acceptors (Lipinski definition) is 8. The smallest absolute Gasteiger partial charge is 0.319 e. The van der Waals surface area contributed by atoms with Crippen LogP contribution in [0.5, 0.6) is 17.2 Å². The Morgan fingerprint density at radius 2 is 1.57 bits per heavy atom. The number of benzene rings is 3. The molecule has 3 aromatic carbocycles. The molecule has 3 aromatic rings. The maximum absolute atomic E-state index is 13.1. The van der Waals surface area contributed by atoms with E-state index >= 15 is 0 Å². The van der Waals surface area contributed by atoms with E-state index in [9.17, 15) is 19.2 Å². The molecule has 46 heavy (non-hydrogen) atoms. The van der Waals surface area contributed by atoms with Gasteiger partial charge in [-0.15, -0.1) is 0 Å². The highest BCUT2D eigenvalue weighted by Crippen LogP contribution is 2.31. The van der Waals surface area contributed by atoms with Gasteiger partial charge in [0.25, 0.3) is 5.91 Å². The highest BCUT2D eigenvalue weighted by molar-refractivity contribution is 5.94. The van der Waals surface area contributed by atoms with Crippen LogP contribution in [0.4, 0.5) is 16.2 Å². The van der Waals surface area contributed by atoms with Crippen LogP contribution in [-0.2, 0) is 25.5 Å². The number of nitrogens with one attached hydrogen (secondary N) is 3. The number of hydrogen-bond donors (Lipinski definition) is 3. The number of carbonyl (C=O) groups is 4. The van der Waals surface area contributed by atoms with Crippen LogP contribution in [0.2, 0.25) is 0 Å². The first-order valence-electron chi connectivity index (χ1n) is 14.7. The number of rotatable bonds is 15. The SMILES string of the molecule is COC(=O)Cc1cccc(NC(=O)NCC(=O)NC(CC(C)C)c2ccccc2OCC(=O)N(C)c2cc(OC)cc(OC)c2)c1. The molecule has 0 saturated heterocycles. The normalized spacial score (nSPS) is 11.2. The largest absolute Gasteiger partial charge is 0.497 e. The number of urea groups is 1. The van der Waals surface area contributed by atoms with Crippen LogP contribution < -0.4 is 35.1 Å². The van der Waals surface area contributed by atoms with E-state index in [1.54, 1.807) is 61.6 Å². The lowest BCUT2D eigenvalue weighted by molar-refractivity contribution is -0.139. The second kappa shape index (κ2) is 17.3. The van der Waals surface area contributed by atoms with Crippen LogP contribution in [0.3, 0.4) is 0 Å². The zero-order valence-electron chi connectivity index (χ0n) is 27.0. The standard InChI is InChI=1S/C34H42N4O8/c1-22(2)14-29(37-31(39)20-35-34(42)36-24-11-9-10-23(15-24)16-33(41)45-6)28-12-7-8-13-30(28)46-21-32(40)38(3)25-17-26(43-4)19-27(18-25)44-5/h7-13,15,17-19,22,29H,14,16,20-21H2,1-6H3,(H,37,39)(H2,35,36,42). The lowest BCUT2D eigenvalue weighted by Crippen LogP contribution is -2.40. The van der Waals surface area contributed by atoms with Gasteiger partial charge >= 0.3 is 12.0 Å². The van der Waals surface area contributed by atoms with Gasteiger partial charge in [-0.1, -0.05) is 44.2 Å². The van der Waals surface area contributed by atoms with Crippen LogP contribution >= 0.6 is 0 Å². The van der Waals surface area contributed by atoms with Gasteiger partial charge in [-0.05, 0) is 36.1 Å². The fourth-order valence-corrected chi connectivity index (χ4v) is 4.58. The first-order valence-corrected chi connectivity index (χ1v) is 14.7. The van der Waals surface area contributed by atoms with Crippen molar-refractivity contribution in [1.29, 1.82) is 0 Å².